The molecular formula is C22H26N4OS2. The first kappa shape index (κ1) is 20.2. The molecule has 5 nitrogen and oxygen atoms in total. The molecule has 7 heteroatoms. The van der Waals surface area contributed by atoms with E-state index in [-0.39, 0.29) is 5.91 Å². The Bertz CT molecular complexity index is 913. The highest BCUT2D eigenvalue weighted by molar-refractivity contribution is 7.14. The van der Waals surface area contributed by atoms with E-state index in [9.17, 15) is 4.79 Å². The zero-order chi connectivity index (χ0) is 20.1. The molecule has 0 saturated carbocycles. The largest absolute Gasteiger partial charge is 0.325 e. The second-order valence-electron chi connectivity index (χ2n) is 7.25. The molecule has 1 aliphatic rings. The normalized spacial score (nSPS) is 15.5. The fourth-order valence-electron chi connectivity index (χ4n) is 3.45. The van der Waals surface area contributed by atoms with E-state index in [1.807, 2.05) is 12.1 Å². The third-order valence-electron chi connectivity index (χ3n) is 5.16. The third kappa shape index (κ3) is 5.51. The molecule has 1 saturated heterocycles. The number of aryl methyl sites for hydroxylation is 1. The van der Waals surface area contributed by atoms with Gasteiger partial charge in [0.15, 0.2) is 0 Å². The van der Waals surface area contributed by atoms with E-state index >= 15 is 0 Å². The van der Waals surface area contributed by atoms with E-state index in [0.717, 1.165) is 55.5 Å². The molecule has 29 heavy (non-hydrogen) atoms. The van der Waals surface area contributed by atoms with Crippen molar-refractivity contribution < 1.29 is 4.79 Å². The monoisotopic (exact) mass is 426 g/mol. The van der Waals surface area contributed by atoms with Crippen molar-refractivity contribution in [1.82, 2.24) is 14.8 Å². The fourth-order valence-corrected chi connectivity index (χ4v) is 5.04. The zero-order valence-electron chi connectivity index (χ0n) is 16.6. The Hall–Kier alpha value is -2.06. The number of hydrogen-bond donors (Lipinski definition) is 1. The van der Waals surface area contributed by atoms with Gasteiger partial charge in [-0.05, 0) is 35.6 Å². The number of thiazole rings is 1. The highest BCUT2D eigenvalue weighted by atomic mass is 32.1. The molecule has 0 bridgehead atoms. The SMILES string of the molecule is CCc1ccc(NC(=O)CN2CCN(Cc3nc(-c4cccs4)cs3)CC2)cc1. The maximum absolute atomic E-state index is 12.3. The summed E-state index contributed by atoms with van der Waals surface area (Å²) in [6.45, 7) is 7.21. The summed E-state index contributed by atoms with van der Waals surface area (Å²) in [6, 6.07) is 12.3. The van der Waals surface area contributed by atoms with Gasteiger partial charge >= 0.3 is 0 Å². The zero-order valence-corrected chi connectivity index (χ0v) is 18.3. The predicted molar refractivity (Wildman–Crippen MR) is 122 cm³/mol. The quantitative estimate of drug-likeness (QED) is 0.615. The number of nitrogens with zero attached hydrogens (tertiary/aromatic N) is 3. The van der Waals surface area contributed by atoms with E-state index in [2.05, 4.69) is 57.1 Å². The van der Waals surface area contributed by atoms with Gasteiger partial charge in [-0.25, -0.2) is 4.98 Å². The molecule has 0 atom stereocenters. The minimum atomic E-state index is 0.0585. The average Bonchev–Trinajstić information content (AvgIpc) is 3.42. The van der Waals surface area contributed by atoms with Gasteiger partial charge in [-0.2, -0.15) is 0 Å². The molecule has 3 aromatic rings. The summed E-state index contributed by atoms with van der Waals surface area (Å²) in [5.41, 5.74) is 3.24. The molecule has 0 unspecified atom stereocenters. The number of carbonyl (C=O) groups is 1. The Labute approximate surface area is 180 Å². The number of carbonyl (C=O) groups excluding carboxylic acids is 1. The van der Waals surface area contributed by atoms with Crippen LogP contribution in [0.1, 0.15) is 17.5 Å². The van der Waals surface area contributed by atoms with Crippen LogP contribution in [0.15, 0.2) is 47.2 Å². The van der Waals surface area contributed by atoms with Crippen molar-refractivity contribution in [3.63, 3.8) is 0 Å². The van der Waals surface area contributed by atoms with Crippen molar-refractivity contribution in [2.24, 2.45) is 0 Å². The van der Waals surface area contributed by atoms with E-state index < -0.39 is 0 Å². The Morgan fingerprint density at radius 2 is 1.83 bits per heavy atom. The number of anilines is 1. The number of nitrogens with one attached hydrogen (secondary N) is 1. The summed E-state index contributed by atoms with van der Waals surface area (Å²) in [5, 5.41) is 8.40. The average molecular weight is 427 g/mol. The van der Waals surface area contributed by atoms with Gasteiger partial charge in [0.25, 0.3) is 0 Å². The first-order valence-electron chi connectivity index (χ1n) is 10.0. The number of rotatable bonds is 7. The number of benzene rings is 1. The number of amides is 1. The summed E-state index contributed by atoms with van der Waals surface area (Å²) in [7, 11) is 0. The standard InChI is InChI=1S/C22H26N4OS2/c1-2-17-5-7-18(8-6-17)23-21(27)14-25-9-11-26(12-10-25)15-22-24-19(16-29-22)20-4-3-13-28-20/h3-8,13,16H,2,9-12,14-15H2,1H3,(H,23,27). The second kappa shape index (κ2) is 9.63. The van der Waals surface area contributed by atoms with Crippen molar-refractivity contribution in [3.8, 4) is 10.6 Å². The van der Waals surface area contributed by atoms with Gasteiger partial charge in [-0.3, -0.25) is 14.6 Å². The molecule has 152 valence electrons. The highest BCUT2D eigenvalue weighted by Crippen LogP contribution is 2.26. The molecule has 0 spiro atoms. The summed E-state index contributed by atoms with van der Waals surface area (Å²) < 4.78 is 0. The van der Waals surface area contributed by atoms with E-state index in [4.69, 9.17) is 4.98 Å². The Morgan fingerprint density at radius 1 is 1.07 bits per heavy atom. The predicted octanol–water partition coefficient (Wildman–Crippen LogP) is 4.19. The molecule has 1 N–H and O–H groups in total. The molecule has 4 rings (SSSR count). The maximum Gasteiger partial charge on any atom is 0.238 e. The van der Waals surface area contributed by atoms with Crippen molar-refractivity contribution in [2.75, 3.05) is 38.0 Å². The molecular weight excluding hydrogens is 400 g/mol. The van der Waals surface area contributed by atoms with Crippen LogP contribution in [0.3, 0.4) is 0 Å². The fraction of sp³-hybridized carbons (Fsp3) is 0.364. The van der Waals surface area contributed by atoms with Crippen LogP contribution < -0.4 is 5.32 Å². The topological polar surface area (TPSA) is 48.5 Å². The van der Waals surface area contributed by atoms with Gasteiger partial charge in [-0.15, -0.1) is 22.7 Å². The Kier molecular flexibility index (Phi) is 6.71. The summed E-state index contributed by atoms with van der Waals surface area (Å²) >= 11 is 3.46. The number of hydrogen-bond acceptors (Lipinski definition) is 6. The lowest BCUT2D eigenvalue weighted by Crippen LogP contribution is -2.48. The van der Waals surface area contributed by atoms with E-state index in [1.165, 1.54) is 10.4 Å². The summed E-state index contributed by atoms with van der Waals surface area (Å²) in [6.07, 6.45) is 1.01. The smallest absolute Gasteiger partial charge is 0.238 e. The van der Waals surface area contributed by atoms with Crippen LogP contribution >= 0.6 is 22.7 Å². The summed E-state index contributed by atoms with van der Waals surface area (Å²) in [4.78, 5) is 23.0. The van der Waals surface area contributed by atoms with Crippen molar-refractivity contribution >= 4 is 34.3 Å². The number of thiophene rings is 1. The lowest BCUT2D eigenvalue weighted by molar-refractivity contribution is -0.117. The molecule has 0 radical (unpaired) electrons. The van der Waals surface area contributed by atoms with Crippen LogP contribution in [-0.2, 0) is 17.8 Å². The van der Waals surface area contributed by atoms with Gasteiger partial charge in [-0.1, -0.05) is 25.1 Å². The molecule has 1 aromatic carbocycles. The molecule has 0 aliphatic carbocycles. The first-order chi connectivity index (χ1) is 14.2. The van der Waals surface area contributed by atoms with Gasteiger partial charge < -0.3 is 5.32 Å². The van der Waals surface area contributed by atoms with Gasteiger partial charge in [0, 0.05) is 37.2 Å². The number of piperazine rings is 1. The summed E-state index contributed by atoms with van der Waals surface area (Å²) in [5.74, 6) is 0.0585. The van der Waals surface area contributed by atoms with Gasteiger partial charge in [0.05, 0.1) is 23.7 Å². The maximum atomic E-state index is 12.3. The minimum absolute atomic E-state index is 0.0585. The van der Waals surface area contributed by atoms with Crippen molar-refractivity contribution in [2.45, 2.75) is 19.9 Å². The molecule has 1 fully saturated rings. The number of aromatic nitrogens is 1. The van der Waals surface area contributed by atoms with Crippen LogP contribution in [0.4, 0.5) is 5.69 Å². The molecule has 2 aromatic heterocycles. The lowest BCUT2D eigenvalue weighted by atomic mass is 10.1. The lowest BCUT2D eigenvalue weighted by Gasteiger charge is -2.33. The third-order valence-corrected chi connectivity index (χ3v) is 6.89. The first-order valence-corrected chi connectivity index (χ1v) is 11.8. The van der Waals surface area contributed by atoms with E-state index in [0.29, 0.717) is 6.54 Å². The van der Waals surface area contributed by atoms with Crippen LogP contribution in [0.5, 0.6) is 0 Å². The molecule has 1 aliphatic heterocycles. The van der Waals surface area contributed by atoms with Crippen molar-refractivity contribution in [1.29, 1.82) is 0 Å². The van der Waals surface area contributed by atoms with Crippen LogP contribution in [0.2, 0.25) is 0 Å². The van der Waals surface area contributed by atoms with Gasteiger partial charge in [0.2, 0.25) is 5.91 Å². The van der Waals surface area contributed by atoms with Crippen LogP contribution in [0.25, 0.3) is 10.6 Å². The Balaban J connectivity index is 1.21. The van der Waals surface area contributed by atoms with Gasteiger partial charge in [0.1, 0.15) is 5.01 Å². The molecule has 1 amide bonds. The van der Waals surface area contributed by atoms with E-state index in [1.54, 1.807) is 22.7 Å². The second-order valence-corrected chi connectivity index (χ2v) is 9.15. The van der Waals surface area contributed by atoms with Crippen LogP contribution in [0, 0.1) is 0 Å². The van der Waals surface area contributed by atoms with Crippen LogP contribution in [-0.4, -0.2) is 53.4 Å². The van der Waals surface area contributed by atoms with Crippen molar-refractivity contribution in [3.05, 3.63) is 57.7 Å². The minimum Gasteiger partial charge on any atom is -0.325 e. The highest BCUT2D eigenvalue weighted by Gasteiger charge is 2.20. The Morgan fingerprint density at radius 3 is 2.52 bits per heavy atom. The molecule has 3 heterocycles.